The number of benzene rings is 1. The van der Waals surface area contributed by atoms with Crippen LogP contribution in [0.3, 0.4) is 0 Å². The van der Waals surface area contributed by atoms with Gasteiger partial charge in [-0.3, -0.25) is 4.79 Å². The molecule has 0 radical (unpaired) electrons. The standard InChI is InChI=1S/C20H23ClN2O2/c21-18-7-6-16(22-10-3-4-11-22)13-17(18)19(24)23-12-9-20(25)8-2-1-5-15(20)14-23/h3-4,6-7,10-11,13,15,25H,1-2,5,8-9,12,14H2. The van der Waals surface area contributed by atoms with E-state index < -0.39 is 5.60 Å². The molecule has 2 atom stereocenters. The Kier molecular flexibility index (Phi) is 4.34. The predicted octanol–water partition coefficient (Wildman–Crippen LogP) is 3.90. The summed E-state index contributed by atoms with van der Waals surface area (Å²) in [5.74, 6) is 0.150. The van der Waals surface area contributed by atoms with E-state index >= 15 is 0 Å². The molecule has 1 aromatic heterocycles. The van der Waals surface area contributed by atoms with Crippen molar-refractivity contribution < 1.29 is 9.90 Å². The molecule has 2 unspecified atom stereocenters. The highest BCUT2D eigenvalue weighted by molar-refractivity contribution is 6.33. The zero-order valence-electron chi connectivity index (χ0n) is 14.2. The third-order valence-corrected chi connectivity index (χ3v) is 6.13. The zero-order chi connectivity index (χ0) is 17.4. The molecule has 1 saturated heterocycles. The SMILES string of the molecule is O=C(c1cc(-n2cccc2)ccc1Cl)N1CCC2(O)CCCCC2C1. The lowest BCUT2D eigenvalue weighted by Crippen LogP contribution is -2.54. The van der Waals surface area contributed by atoms with Crippen molar-refractivity contribution >= 4 is 17.5 Å². The second-order valence-electron chi connectivity index (χ2n) is 7.30. The molecule has 4 rings (SSSR count). The van der Waals surface area contributed by atoms with Crippen LogP contribution in [0.25, 0.3) is 5.69 Å². The molecule has 1 aliphatic carbocycles. The highest BCUT2D eigenvalue weighted by atomic mass is 35.5. The minimum absolute atomic E-state index is 0.0355. The van der Waals surface area contributed by atoms with Crippen molar-refractivity contribution in [1.82, 2.24) is 9.47 Å². The maximum Gasteiger partial charge on any atom is 0.255 e. The van der Waals surface area contributed by atoms with Gasteiger partial charge in [-0.05, 0) is 49.6 Å². The number of piperidine rings is 1. The molecule has 0 spiro atoms. The summed E-state index contributed by atoms with van der Waals surface area (Å²) in [7, 11) is 0. The molecule has 2 fully saturated rings. The van der Waals surface area contributed by atoms with Crippen LogP contribution in [0.5, 0.6) is 0 Å². The minimum Gasteiger partial charge on any atom is -0.389 e. The third-order valence-electron chi connectivity index (χ3n) is 5.80. The number of rotatable bonds is 2. The van der Waals surface area contributed by atoms with Gasteiger partial charge in [0.1, 0.15) is 0 Å². The maximum absolute atomic E-state index is 13.1. The molecule has 1 N–H and O–H groups in total. The van der Waals surface area contributed by atoms with E-state index in [-0.39, 0.29) is 11.8 Å². The van der Waals surface area contributed by atoms with Gasteiger partial charge in [0, 0.05) is 37.1 Å². The molecule has 0 bridgehead atoms. The van der Waals surface area contributed by atoms with Gasteiger partial charge >= 0.3 is 0 Å². The van der Waals surface area contributed by atoms with E-state index in [1.54, 1.807) is 6.07 Å². The quantitative estimate of drug-likeness (QED) is 0.885. The van der Waals surface area contributed by atoms with E-state index in [9.17, 15) is 9.90 Å². The molecule has 2 heterocycles. The van der Waals surface area contributed by atoms with E-state index in [0.717, 1.165) is 31.4 Å². The number of hydrogen-bond donors (Lipinski definition) is 1. The van der Waals surface area contributed by atoms with Crippen LogP contribution in [0.2, 0.25) is 5.02 Å². The molecule has 1 saturated carbocycles. The normalized spacial score (nSPS) is 26.3. The van der Waals surface area contributed by atoms with Gasteiger partial charge in [-0.25, -0.2) is 0 Å². The number of halogens is 1. The van der Waals surface area contributed by atoms with Gasteiger partial charge in [0.15, 0.2) is 0 Å². The van der Waals surface area contributed by atoms with Crippen molar-refractivity contribution in [3.05, 3.63) is 53.3 Å². The molecule has 4 nitrogen and oxygen atoms in total. The second-order valence-corrected chi connectivity index (χ2v) is 7.71. The average molecular weight is 359 g/mol. The van der Waals surface area contributed by atoms with Crippen molar-refractivity contribution in [2.24, 2.45) is 5.92 Å². The first-order chi connectivity index (χ1) is 12.1. The van der Waals surface area contributed by atoms with Crippen LogP contribution in [-0.2, 0) is 0 Å². The third kappa shape index (κ3) is 3.09. The molecule has 2 aliphatic rings. The van der Waals surface area contributed by atoms with E-state index in [1.807, 2.05) is 46.1 Å². The average Bonchev–Trinajstić information content (AvgIpc) is 3.15. The van der Waals surface area contributed by atoms with Gasteiger partial charge in [0.05, 0.1) is 16.2 Å². The number of fused-ring (bicyclic) bond motifs is 1. The topological polar surface area (TPSA) is 45.5 Å². The molecule has 1 amide bonds. The van der Waals surface area contributed by atoms with E-state index in [4.69, 9.17) is 11.6 Å². The van der Waals surface area contributed by atoms with Crippen molar-refractivity contribution in [3.8, 4) is 5.69 Å². The lowest BCUT2D eigenvalue weighted by atomic mass is 9.71. The predicted molar refractivity (Wildman–Crippen MR) is 98.2 cm³/mol. The number of carbonyl (C=O) groups is 1. The Morgan fingerprint density at radius 1 is 1.20 bits per heavy atom. The summed E-state index contributed by atoms with van der Waals surface area (Å²) in [6.45, 7) is 1.22. The van der Waals surface area contributed by atoms with Crippen LogP contribution >= 0.6 is 11.6 Å². The first-order valence-electron chi connectivity index (χ1n) is 9.01. The van der Waals surface area contributed by atoms with Crippen molar-refractivity contribution in [3.63, 3.8) is 0 Å². The summed E-state index contributed by atoms with van der Waals surface area (Å²) in [6.07, 6.45) is 8.64. The van der Waals surface area contributed by atoms with Crippen LogP contribution in [-0.4, -0.2) is 39.2 Å². The Morgan fingerprint density at radius 2 is 2.00 bits per heavy atom. The zero-order valence-corrected chi connectivity index (χ0v) is 15.0. The smallest absolute Gasteiger partial charge is 0.255 e. The van der Waals surface area contributed by atoms with Crippen LogP contribution in [0.1, 0.15) is 42.5 Å². The number of likely N-dealkylation sites (tertiary alicyclic amines) is 1. The lowest BCUT2D eigenvalue weighted by molar-refractivity contribution is -0.0886. The second kappa shape index (κ2) is 6.50. The Bertz CT molecular complexity index is 774. The van der Waals surface area contributed by atoms with E-state index in [2.05, 4.69) is 0 Å². The van der Waals surface area contributed by atoms with Crippen molar-refractivity contribution in [2.75, 3.05) is 13.1 Å². The number of carbonyl (C=O) groups excluding carboxylic acids is 1. The summed E-state index contributed by atoms with van der Waals surface area (Å²) >= 11 is 6.33. The molecular formula is C20H23ClN2O2. The Morgan fingerprint density at radius 3 is 2.80 bits per heavy atom. The van der Waals surface area contributed by atoms with Gasteiger partial charge in [0.2, 0.25) is 0 Å². The monoisotopic (exact) mass is 358 g/mol. The molecule has 2 aromatic rings. The fourth-order valence-electron chi connectivity index (χ4n) is 4.27. The summed E-state index contributed by atoms with van der Waals surface area (Å²) in [5, 5.41) is 11.3. The fraction of sp³-hybridized carbons (Fsp3) is 0.450. The number of hydrogen-bond acceptors (Lipinski definition) is 2. The molecule has 25 heavy (non-hydrogen) atoms. The minimum atomic E-state index is -0.578. The van der Waals surface area contributed by atoms with Crippen LogP contribution in [0.15, 0.2) is 42.7 Å². The highest BCUT2D eigenvalue weighted by Gasteiger charge is 2.43. The summed E-state index contributed by atoms with van der Waals surface area (Å²) in [6, 6.07) is 9.45. The molecule has 5 heteroatoms. The molecular weight excluding hydrogens is 336 g/mol. The first kappa shape index (κ1) is 16.7. The number of amides is 1. The van der Waals surface area contributed by atoms with Crippen molar-refractivity contribution in [1.29, 1.82) is 0 Å². The van der Waals surface area contributed by atoms with E-state index in [0.29, 0.717) is 30.1 Å². The first-order valence-corrected chi connectivity index (χ1v) is 9.39. The number of nitrogens with zero attached hydrogens (tertiary/aromatic N) is 2. The lowest BCUT2D eigenvalue weighted by Gasteiger charge is -2.47. The van der Waals surface area contributed by atoms with Gasteiger partial charge in [-0.2, -0.15) is 0 Å². The molecule has 132 valence electrons. The fourth-order valence-corrected chi connectivity index (χ4v) is 4.47. The maximum atomic E-state index is 13.1. The highest BCUT2D eigenvalue weighted by Crippen LogP contribution is 2.40. The Balaban J connectivity index is 1.58. The van der Waals surface area contributed by atoms with Gasteiger partial charge in [-0.1, -0.05) is 24.4 Å². The van der Waals surface area contributed by atoms with E-state index in [1.165, 1.54) is 0 Å². The number of aliphatic hydroxyl groups is 1. The Hall–Kier alpha value is -1.78. The largest absolute Gasteiger partial charge is 0.389 e. The van der Waals surface area contributed by atoms with Crippen molar-refractivity contribution in [2.45, 2.75) is 37.7 Å². The van der Waals surface area contributed by atoms with Crippen LogP contribution in [0.4, 0.5) is 0 Å². The Labute approximate surface area is 153 Å². The van der Waals surface area contributed by atoms with Crippen LogP contribution < -0.4 is 0 Å². The van der Waals surface area contributed by atoms with Gasteiger partial charge < -0.3 is 14.6 Å². The summed E-state index contributed by atoms with van der Waals surface area (Å²) < 4.78 is 1.96. The van der Waals surface area contributed by atoms with Gasteiger partial charge in [0.25, 0.3) is 5.91 Å². The summed E-state index contributed by atoms with van der Waals surface area (Å²) in [4.78, 5) is 14.9. The van der Waals surface area contributed by atoms with Gasteiger partial charge in [-0.15, -0.1) is 0 Å². The summed E-state index contributed by atoms with van der Waals surface area (Å²) in [5.41, 5.74) is 0.879. The van der Waals surface area contributed by atoms with Crippen LogP contribution in [0, 0.1) is 5.92 Å². The molecule has 1 aromatic carbocycles. The molecule has 1 aliphatic heterocycles. The number of aromatic nitrogens is 1.